The molecular weight excluding hydrogens is 279 g/mol. The van der Waals surface area contributed by atoms with Crippen LogP contribution in [0.2, 0.25) is 0 Å². The van der Waals surface area contributed by atoms with E-state index in [0.717, 1.165) is 6.07 Å². The van der Waals surface area contributed by atoms with Gasteiger partial charge < -0.3 is 4.90 Å². The summed E-state index contributed by atoms with van der Waals surface area (Å²) in [7, 11) is 0. The monoisotopic (exact) mass is 291 g/mol. The summed E-state index contributed by atoms with van der Waals surface area (Å²) in [6, 6.07) is 4.88. The van der Waals surface area contributed by atoms with Gasteiger partial charge in [0.1, 0.15) is 0 Å². The van der Waals surface area contributed by atoms with Crippen LogP contribution >= 0.6 is 11.6 Å². The molecule has 0 unspecified atom stereocenters. The van der Waals surface area contributed by atoms with Gasteiger partial charge in [0, 0.05) is 18.5 Å². The maximum absolute atomic E-state index is 12.8. The first kappa shape index (κ1) is 14.2. The lowest BCUT2D eigenvalue weighted by molar-refractivity contribution is -0.138. The number of halogens is 4. The van der Waals surface area contributed by atoms with Crippen molar-refractivity contribution in [1.82, 2.24) is 4.90 Å². The van der Waals surface area contributed by atoms with Gasteiger partial charge in [-0.25, -0.2) is 0 Å². The van der Waals surface area contributed by atoms with E-state index < -0.39 is 17.6 Å². The Kier molecular flexibility index (Phi) is 4.04. The summed E-state index contributed by atoms with van der Waals surface area (Å²) in [5, 5.41) is 0.00177. The van der Waals surface area contributed by atoms with Crippen LogP contribution in [-0.2, 0) is 6.18 Å². The van der Waals surface area contributed by atoms with E-state index in [9.17, 15) is 18.0 Å². The average molecular weight is 292 g/mol. The molecule has 0 aromatic heterocycles. The minimum absolute atomic E-state index is 0.00177. The van der Waals surface area contributed by atoms with E-state index in [-0.39, 0.29) is 10.9 Å². The third-order valence-electron chi connectivity index (χ3n) is 3.17. The highest BCUT2D eigenvalue weighted by Crippen LogP contribution is 2.32. The molecule has 0 aliphatic carbocycles. The summed E-state index contributed by atoms with van der Waals surface area (Å²) in [6.45, 7) is 0.804. The molecule has 6 heteroatoms. The van der Waals surface area contributed by atoms with Crippen LogP contribution < -0.4 is 0 Å². The number of carbonyl (C=O) groups excluding carboxylic acids is 1. The smallest absolute Gasteiger partial charge is 0.339 e. The Morgan fingerprint density at radius 2 is 1.79 bits per heavy atom. The highest BCUT2D eigenvalue weighted by molar-refractivity contribution is 6.20. The SMILES string of the molecule is O=C(c1ccccc1C(F)(F)F)N1CCC(Cl)CC1. The molecule has 0 saturated carbocycles. The zero-order chi connectivity index (χ0) is 14.0. The Balaban J connectivity index is 2.24. The maximum Gasteiger partial charge on any atom is 0.417 e. The molecule has 104 valence electrons. The van der Waals surface area contributed by atoms with Crippen LogP contribution in [0.1, 0.15) is 28.8 Å². The lowest BCUT2D eigenvalue weighted by Gasteiger charge is -2.30. The van der Waals surface area contributed by atoms with Gasteiger partial charge >= 0.3 is 6.18 Å². The number of alkyl halides is 4. The molecule has 2 nitrogen and oxygen atoms in total. The molecule has 2 rings (SSSR count). The van der Waals surface area contributed by atoms with Crippen molar-refractivity contribution in [2.24, 2.45) is 0 Å². The number of carbonyl (C=O) groups is 1. The number of likely N-dealkylation sites (tertiary alicyclic amines) is 1. The molecule has 0 radical (unpaired) electrons. The first-order chi connectivity index (χ1) is 8.89. The fourth-order valence-corrected chi connectivity index (χ4v) is 2.33. The molecule has 0 bridgehead atoms. The first-order valence-corrected chi connectivity index (χ1v) is 6.43. The normalized spacial score (nSPS) is 17.6. The third kappa shape index (κ3) is 3.21. The number of nitrogens with zero attached hydrogens (tertiary/aromatic N) is 1. The zero-order valence-electron chi connectivity index (χ0n) is 10.1. The van der Waals surface area contributed by atoms with E-state index in [0.29, 0.717) is 25.9 Å². The molecule has 1 saturated heterocycles. The van der Waals surface area contributed by atoms with Gasteiger partial charge in [-0.15, -0.1) is 11.6 Å². The van der Waals surface area contributed by atoms with Crippen molar-refractivity contribution in [1.29, 1.82) is 0 Å². The number of hydrogen-bond acceptors (Lipinski definition) is 1. The largest absolute Gasteiger partial charge is 0.417 e. The lowest BCUT2D eigenvalue weighted by atomic mass is 10.0. The molecule has 0 N–H and O–H groups in total. The van der Waals surface area contributed by atoms with Crippen molar-refractivity contribution >= 4 is 17.5 Å². The van der Waals surface area contributed by atoms with Gasteiger partial charge in [0.05, 0.1) is 11.1 Å². The van der Waals surface area contributed by atoms with E-state index in [1.54, 1.807) is 0 Å². The number of benzene rings is 1. The van der Waals surface area contributed by atoms with E-state index in [1.165, 1.54) is 23.1 Å². The topological polar surface area (TPSA) is 20.3 Å². The van der Waals surface area contributed by atoms with Crippen LogP contribution in [-0.4, -0.2) is 29.3 Å². The third-order valence-corrected chi connectivity index (χ3v) is 3.61. The molecule has 1 aliphatic rings. The number of piperidine rings is 1. The number of rotatable bonds is 1. The van der Waals surface area contributed by atoms with Gasteiger partial charge in [-0.1, -0.05) is 12.1 Å². The van der Waals surface area contributed by atoms with Crippen LogP contribution in [0.25, 0.3) is 0 Å². The Morgan fingerprint density at radius 1 is 1.21 bits per heavy atom. The van der Waals surface area contributed by atoms with Crippen molar-refractivity contribution < 1.29 is 18.0 Å². The van der Waals surface area contributed by atoms with Crippen molar-refractivity contribution in [2.75, 3.05) is 13.1 Å². The van der Waals surface area contributed by atoms with Crippen LogP contribution in [0.5, 0.6) is 0 Å². The molecule has 19 heavy (non-hydrogen) atoms. The molecule has 0 atom stereocenters. The highest BCUT2D eigenvalue weighted by atomic mass is 35.5. The molecule has 1 aromatic carbocycles. The van der Waals surface area contributed by atoms with Gasteiger partial charge in [0.25, 0.3) is 5.91 Å². The van der Waals surface area contributed by atoms with Crippen molar-refractivity contribution in [3.05, 3.63) is 35.4 Å². The molecular formula is C13H13ClF3NO. The van der Waals surface area contributed by atoms with Crippen LogP contribution in [0.15, 0.2) is 24.3 Å². The second-order valence-corrected chi connectivity index (χ2v) is 5.13. The van der Waals surface area contributed by atoms with Crippen LogP contribution in [0.4, 0.5) is 13.2 Å². The summed E-state index contributed by atoms with van der Waals surface area (Å²) in [5.41, 5.74) is -1.17. The molecule has 1 aromatic rings. The van der Waals surface area contributed by atoms with Crippen molar-refractivity contribution in [2.45, 2.75) is 24.4 Å². The standard InChI is InChI=1S/C13H13ClF3NO/c14-9-5-7-18(8-6-9)12(19)10-3-1-2-4-11(10)13(15,16)17/h1-4,9H,5-8H2. The van der Waals surface area contributed by atoms with Gasteiger partial charge in [0.2, 0.25) is 0 Å². The van der Waals surface area contributed by atoms with E-state index in [1.807, 2.05) is 0 Å². The predicted molar refractivity (Wildman–Crippen MR) is 66.2 cm³/mol. The Morgan fingerprint density at radius 3 is 2.37 bits per heavy atom. The van der Waals surface area contributed by atoms with E-state index in [2.05, 4.69) is 0 Å². The Labute approximate surface area is 114 Å². The lowest BCUT2D eigenvalue weighted by Crippen LogP contribution is -2.39. The summed E-state index contributed by atoms with van der Waals surface area (Å²) in [4.78, 5) is 13.6. The number of hydrogen-bond donors (Lipinski definition) is 0. The predicted octanol–water partition coefficient (Wildman–Crippen LogP) is 3.55. The minimum atomic E-state index is -4.52. The highest BCUT2D eigenvalue weighted by Gasteiger charge is 2.36. The van der Waals surface area contributed by atoms with Crippen molar-refractivity contribution in [3.8, 4) is 0 Å². The zero-order valence-corrected chi connectivity index (χ0v) is 10.8. The van der Waals surface area contributed by atoms with Gasteiger partial charge in [-0.2, -0.15) is 13.2 Å². The van der Waals surface area contributed by atoms with E-state index >= 15 is 0 Å². The molecule has 1 aliphatic heterocycles. The van der Waals surface area contributed by atoms with Crippen LogP contribution in [0, 0.1) is 0 Å². The summed E-state index contributed by atoms with van der Waals surface area (Å²) < 4.78 is 38.5. The fourth-order valence-electron chi connectivity index (χ4n) is 2.14. The van der Waals surface area contributed by atoms with Crippen LogP contribution in [0.3, 0.4) is 0 Å². The Bertz CT molecular complexity index is 467. The minimum Gasteiger partial charge on any atom is -0.339 e. The summed E-state index contributed by atoms with van der Waals surface area (Å²) >= 11 is 5.92. The van der Waals surface area contributed by atoms with Gasteiger partial charge in [-0.3, -0.25) is 4.79 Å². The molecule has 1 fully saturated rings. The quantitative estimate of drug-likeness (QED) is 0.725. The van der Waals surface area contributed by atoms with Gasteiger partial charge in [0.15, 0.2) is 0 Å². The van der Waals surface area contributed by atoms with E-state index in [4.69, 9.17) is 11.6 Å². The summed E-state index contributed by atoms with van der Waals surface area (Å²) in [6.07, 6.45) is -3.29. The van der Waals surface area contributed by atoms with Gasteiger partial charge in [-0.05, 0) is 25.0 Å². The fraction of sp³-hybridized carbons (Fsp3) is 0.462. The second kappa shape index (κ2) is 5.41. The average Bonchev–Trinajstić information content (AvgIpc) is 2.38. The second-order valence-electron chi connectivity index (χ2n) is 4.51. The Hall–Kier alpha value is -1.23. The molecule has 1 heterocycles. The van der Waals surface area contributed by atoms with Crippen molar-refractivity contribution in [3.63, 3.8) is 0 Å². The first-order valence-electron chi connectivity index (χ1n) is 5.99. The number of amides is 1. The molecule has 1 amide bonds. The maximum atomic E-state index is 12.8. The summed E-state index contributed by atoms with van der Waals surface area (Å²) in [5.74, 6) is -0.573. The molecule has 0 spiro atoms.